The summed E-state index contributed by atoms with van der Waals surface area (Å²) in [4.78, 5) is 2.42. The molecule has 2 aliphatic heterocycles. The first-order chi connectivity index (χ1) is 7.29. The summed E-state index contributed by atoms with van der Waals surface area (Å²) < 4.78 is 11.3. The molecule has 0 radical (unpaired) electrons. The molecule has 15 heavy (non-hydrogen) atoms. The molecule has 0 aromatic carbocycles. The molecule has 0 aliphatic carbocycles. The minimum atomic E-state index is 0.387. The van der Waals surface area contributed by atoms with Gasteiger partial charge in [-0.15, -0.1) is 0 Å². The summed E-state index contributed by atoms with van der Waals surface area (Å²) in [5.41, 5.74) is 5.73. The SMILES string of the molecule is CC1CCC(CN2CCOCC2CN)O1. The fourth-order valence-electron chi connectivity index (χ4n) is 2.43. The van der Waals surface area contributed by atoms with Crippen molar-refractivity contribution in [3.8, 4) is 0 Å². The van der Waals surface area contributed by atoms with Crippen molar-refractivity contribution in [3.05, 3.63) is 0 Å². The van der Waals surface area contributed by atoms with Crippen molar-refractivity contribution in [2.45, 2.75) is 38.0 Å². The molecule has 2 heterocycles. The zero-order valence-corrected chi connectivity index (χ0v) is 9.52. The molecule has 2 rings (SSSR count). The summed E-state index contributed by atoms with van der Waals surface area (Å²) in [7, 11) is 0. The van der Waals surface area contributed by atoms with E-state index in [1.54, 1.807) is 0 Å². The van der Waals surface area contributed by atoms with Gasteiger partial charge in [-0.3, -0.25) is 4.90 Å². The summed E-state index contributed by atoms with van der Waals surface area (Å²) in [5, 5.41) is 0. The Morgan fingerprint density at radius 3 is 2.93 bits per heavy atom. The van der Waals surface area contributed by atoms with Gasteiger partial charge >= 0.3 is 0 Å². The Balaban J connectivity index is 1.81. The molecule has 3 atom stereocenters. The van der Waals surface area contributed by atoms with Crippen molar-refractivity contribution in [2.75, 3.05) is 32.8 Å². The van der Waals surface area contributed by atoms with E-state index < -0.39 is 0 Å². The topological polar surface area (TPSA) is 47.7 Å². The third-order valence-corrected chi connectivity index (χ3v) is 3.38. The largest absolute Gasteiger partial charge is 0.378 e. The van der Waals surface area contributed by atoms with Crippen LogP contribution >= 0.6 is 0 Å². The molecule has 0 amide bonds. The van der Waals surface area contributed by atoms with E-state index >= 15 is 0 Å². The van der Waals surface area contributed by atoms with E-state index in [1.807, 2.05) is 0 Å². The lowest BCUT2D eigenvalue weighted by Gasteiger charge is -2.36. The van der Waals surface area contributed by atoms with Crippen LogP contribution in [0.5, 0.6) is 0 Å². The summed E-state index contributed by atoms with van der Waals surface area (Å²) >= 11 is 0. The van der Waals surface area contributed by atoms with Crippen molar-refractivity contribution in [3.63, 3.8) is 0 Å². The summed E-state index contributed by atoms with van der Waals surface area (Å²) in [6.45, 7) is 6.46. The zero-order valence-electron chi connectivity index (χ0n) is 9.52. The second-order valence-electron chi connectivity index (χ2n) is 4.61. The average Bonchev–Trinajstić information content (AvgIpc) is 2.65. The Kier molecular flexibility index (Phi) is 3.97. The lowest BCUT2D eigenvalue weighted by atomic mass is 10.1. The molecular formula is C11H22N2O2. The van der Waals surface area contributed by atoms with Crippen LogP contribution in [0, 0.1) is 0 Å². The van der Waals surface area contributed by atoms with Crippen molar-refractivity contribution in [1.29, 1.82) is 0 Å². The summed E-state index contributed by atoms with van der Waals surface area (Å²) in [6.07, 6.45) is 3.23. The number of hydrogen-bond donors (Lipinski definition) is 1. The molecule has 0 saturated carbocycles. The first kappa shape index (κ1) is 11.3. The highest BCUT2D eigenvalue weighted by Gasteiger charge is 2.28. The van der Waals surface area contributed by atoms with E-state index in [1.165, 1.54) is 12.8 Å². The maximum absolute atomic E-state index is 5.83. The lowest BCUT2D eigenvalue weighted by Crippen LogP contribution is -2.51. The number of morpholine rings is 1. The first-order valence-corrected chi connectivity index (χ1v) is 5.97. The smallest absolute Gasteiger partial charge is 0.0706 e. The monoisotopic (exact) mass is 214 g/mol. The molecule has 0 aromatic rings. The number of rotatable bonds is 3. The molecule has 4 heteroatoms. The zero-order chi connectivity index (χ0) is 10.7. The van der Waals surface area contributed by atoms with Crippen molar-refractivity contribution in [2.24, 2.45) is 5.73 Å². The van der Waals surface area contributed by atoms with Crippen LogP contribution in [0.4, 0.5) is 0 Å². The molecule has 2 aliphatic rings. The third kappa shape index (κ3) is 2.91. The predicted molar refractivity (Wildman–Crippen MR) is 58.8 cm³/mol. The van der Waals surface area contributed by atoms with Crippen LogP contribution < -0.4 is 5.73 Å². The Hall–Kier alpha value is -0.160. The minimum absolute atomic E-state index is 0.387. The van der Waals surface area contributed by atoms with Gasteiger partial charge in [0.15, 0.2) is 0 Å². The van der Waals surface area contributed by atoms with Gasteiger partial charge in [0, 0.05) is 25.7 Å². The van der Waals surface area contributed by atoms with Gasteiger partial charge in [-0.2, -0.15) is 0 Å². The van der Waals surface area contributed by atoms with Gasteiger partial charge in [0.05, 0.1) is 25.4 Å². The Labute approximate surface area is 91.7 Å². The normalized spacial score (nSPS) is 38.4. The molecule has 88 valence electrons. The summed E-state index contributed by atoms with van der Waals surface area (Å²) in [6, 6.07) is 0.387. The van der Waals surface area contributed by atoms with Crippen LogP contribution in [0.3, 0.4) is 0 Å². The van der Waals surface area contributed by atoms with E-state index in [2.05, 4.69) is 11.8 Å². The van der Waals surface area contributed by atoms with Gasteiger partial charge in [-0.05, 0) is 19.8 Å². The minimum Gasteiger partial charge on any atom is -0.378 e. The highest BCUT2D eigenvalue weighted by molar-refractivity contribution is 4.81. The number of nitrogens with two attached hydrogens (primary N) is 1. The molecule has 0 bridgehead atoms. The van der Waals surface area contributed by atoms with Crippen LogP contribution in [0.25, 0.3) is 0 Å². The van der Waals surface area contributed by atoms with Gasteiger partial charge in [-0.25, -0.2) is 0 Å². The van der Waals surface area contributed by atoms with Gasteiger partial charge < -0.3 is 15.2 Å². The molecule has 2 fully saturated rings. The van der Waals surface area contributed by atoms with Gasteiger partial charge in [0.1, 0.15) is 0 Å². The maximum Gasteiger partial charge on any atom is 0.0706 e. The van der Waals surface area contributed by atoms with Crippen LogP contribution in [0.15, 0.2) is 0 Å². The first-order valence-electron chi connectivity index (χ1n) is 5.97. The highest BCUT2D eigenvalue weighted by atomic mass is 16.5. The lowest BCUT2D eigenvalue weighted by molar-refractivity contribution is -0.0360. The van der Waals surface area contributed by atoms with Crippen LogP contribution in [-0.4, -0.2) is 56.0 Å². The molecule has 2 N–H and O–H groups in total. The van der Waals surface area contributed by atoms with E-state index in [0.29, 0.717) is 24.8 Å². The van der Waals surface area contributed by atoms with Crippen LogP contribution in [-0.2, 0) is 9.47 Å². The quantitative estimate of drug-likeness (QED) is 0.730. The third-order valence-electron chi connectivity index (χ3n) is 3.38. The van der Waals surface area contributed by atoms with Gasteiger partial charge in [-0.1, -0.05) is 0 Å². The van der Waals surface area contributed by atoms with E-state index in [9.17, 15) is 0 Å². The number of ether oxygens (including phenoxy) is 2. The standard InChI is InChI=1S/C11H22N2O2/c1-9-2-3-11(15-9)7-13-4-5-14-8-10(13)6-12/h9-11H,2-8,12H2,1H3. The second kappa shape index (κ2) is 5.25. The number of hydrogen-bond acceptors (Lipinski definition) is 4. The van der Waals surface area contributed by atoms with E-state index in [0.717, 1.165) is 26.3 Å². The Morgan fingerprint density at radius 2 is 2.27 bits per heavy atom. The molecule has 3 unspecified atom stereocenters. The Bertz CT molecular complexity index is 201. The Morgan fingerprint density at radius 1 is 1.40 bits per heavy atom. The van der Waals surface area contributed by atoms with Crippen molar-refractivity contribution >= 4 is 0 Å². The molecular weight excluding hydrogens is 192 g/mol. The molecule has 0 aromatic heterocycles. The number of nitrogens with zero attached hydrogens (tertiary/aromatic N) is 1. The molecule has 2 saturated heterocycles. The predicted octanol–water partition coefficient (Wildman–Crippen LogP) is 0.213. The van der Waals surface area contributed by atoms with Gasteiger partial charge in [0.25, 0.3) is 0 Å². The molecule has 4 nitrogen and oxygen atoms in total. The molecule has 0 spiro atoms. The fourth-order valence-corrected chi connectivity index (χ4v) is 2.43. The van der Waals surface area contributed by atoms with Crippen LogP contribution in [0.2, 0.25) is 0 Å². The average molecular weight is 214 g/mol. The fraction of sp³-hybridized carbons (Fsp3) is 1.00. The van der Waals surface area contributed by atoms with Crippen molar-refractivity contribution in [1.82, 2.24) is 4.90 Å². The van der Waals surface area contributed by atoms with Crippen LogP contribution in [0.1, 0.15) is 19.8 Å². The van der Waals surface area contributed by atoms with E-state index in [-0.39, 0.29) is 0 Å². The second-order valence-corrected chi connectivity index (χ2v) is 4.61. The summed E-state index contributed by atoms with van der Waals surface area (Å²) in [5.74, 6) is 0. The maximum atomic E-state index is 5.83. The van der Waals surface area contributed by atoms with Crippen molar-refractivity contribution < 1.29 is 9.47 Å². The highest BCUT2D eigenvalue weighted by Crippen LogP contribution is 2.21. The van der Waals surface area contributed by atoms with E-state index in [4.69, 9.17) is 15.2 Å². The van der Waals surface area contributed by atoms with Gasteiger partial charge in [0.2, 0.25) is 0 Å².